The van der Waals surface area contributed by atoms with Crippen LogP contribution in [0.3, 0.4) is 0 Å². The van der Waals surface area contributed by atoms with Crippen LogP contribution in [0, 0.1) is 17.8 Å². The molecule has 3 aliphatic rings. The fraction of sp³-hybridized carbons (Fsp3) is 0.875. The van der Waals surface area contributed by atoms with Gasteiger partial charge in [-0.05, 0) is 76.5 Å². The van der Waals surface area contributed by atoms with E-state index in [0.717, 1.165) is 38.8 Å². The van der Waals surface area contributed by atoms with Gasteiger partial charge in [-0.1, -0.05) is 20.3 Å². The number of carbonyl (C=O) groups excluding carboxylic acids is 1. The lowest BCUT2D eigenvalue weighted by Gasteiger charge is -2.42. The Labute approximate surface area is 182 Å². The summed E-state index contributed by atoms with van der Waals surface area (Å²) in [7, 11) is 0. The summed E-state index contributed by atoms with van der Waals surface area (Å²) in [5.74, 6) is 1.24. The summed E-state index contributed by atoms with van der Waals surface area (Å²) in [4.78, 5) is 17.9. The second-order valence-corrected chi connectivity index (χ2v) is 9.44. The van der Waals surface area contributed by atoms with Crippen molar-refractivity contribution in [2.45, 2.75) is 78.0 Å². The van der Waals surface area contributed by atoms with Crippen LogP contribution in [0.1, 0.15) is 65.7 Å². The summed E-state index contributed by atoms with van der Waals surface area (Å²) < 4.78 is 12.0. The molecular formula is C24H42N2O4. The van der Waals surface area contributed by atoms with Crippen LogP contribution in [0.15, 0.2) is 11.8 Å². The summed E-state index contributed by atoms with van der Waals surface area (Å²) in [6, 6.07) is 0.623. The Bertz CT molecular complexity index is 566. The second kappa shape index (κ2) is 11.5. The number of aliphatic hydroxyl groups excluding tert-OH is 1. The van der Waals surface area contributed by atoms with E-state index in [4.69, 9.17) is 9.47 Å². The van der Waals surface area contributed by atoms with Crippen molar-refractivity contribution in [1.29, 1.82) is 0 Å². The maximum Gasteiger partial charge on any atom is 0.288 e. The zero-order valence-corrected chi connectivity index (χ0v) is 19.2. The van der Waals surface area contributed by atoms with Crippen molar-refractivity contribution in [3.8, 4) is 0 Å². The van der Waals surface area contributed by atoms with Crippen LogP contribution >= 0.6 is 0 Å². The van der Waals surface area contributed by atoms with Crippen LogP contribution in [0.5, 0.6) is 0 Å². The maximum absolute atomic E-state index is 13.3. The molecule has 2 fully saturated rings. The molecule has 2 saturated heterocycles. The van der Waals surface area contributed by atoms with Gasteiger partial charge in [0.05, 0.1) is 0 Å². The number of nitrogens with zero attached hydrogens (tertiary/aromatic N) is 2. The lowest BCUT2D eigenvalue weighted by atomic mass is 9.78. The van der Waals surface area contributed by atoms with Crippen molar-refractivity contribution in [1.82, 2.24) is 9.80 Å². The average Bonchev–Trinajstić information content (AvgIpc) is 2.78. The Morgan fingerprint density at radius 1 is 1.20 bits per heavy atom. The van der Waals surface area contributed by atoms with Crippen LogP contribution in [-0.2, 0) is 14.3 Å². The van der Waals surface area contributed by atoms with Gasteiger partial charge in [-0.3, -0.25) is 4.79 Å². The van der Waals surface area contributed by atoms with Gasteiger partial charge in [-0.2, -0.15) is 0 Å². The van der Waals surface area contributed by atoms with Gasteiger partial charge in [0.2, 0.25) is 6.29 Å². The molecule has 0 saturated carbocycles. The highest BCUT2D eigenvalue weighted by atomic mass is 16.7. The molecule has 0 aliphatic carbocycles. The first-order valence-electron chi connectivity index (χ1n) is 12.2. The number of hydrogen-bond acceptors (Lipinski definition) is 5. The standard InChI is InChI=1S/C24H42N2O4/c1-4-29-24-20(9-8-16-27)21(18(2)3)17-22(30-24)23(28)26-14-10-19(11-15-26)25-12-6-5-7-13-25/h17-21,24,27H,4-16H2,1-3H3/t20-,21-,24-/m0/s1. The minimum absolute atomic E-state index is 0.0167. The van der Waals surface area contributed by atoms with Gasteiger partial charge in [-0.25, -0.2) is 0 Å². The minimum Gasteiger partial charge on any atom is -0.459 e. The lowest BCUT2D eigenvalue weighted by Crippen LogP contribution is -2.49. The molecule has 0 bridgehead atoms. The first-order valence-corrected chi connectivity index (χ1v) is 12.2. The number of hydrogen-bond donors (Lipinski definition) is 1. The number of likely N-dealkylation sites (tertiary alicyclic amines) is 2. The molecule has 172 valence electrons. The van der Waals surface area contributed by atoms with Crippen molar-refractivity contribution < 1.29 is 19.4 Å². The molecule has 3 atom stereocenters. The maximum atomic E-state index is 13.3. The zero-order valence-electron chi connectivity index (χ0n) is 19.2. The van der Waals surface area contributed by atoms with Crippen molar-refractivity contribution >= 4 is 5.91 Å². The first kappa shape index (κ1) is 23.6. The highest BCUT2D eigenvalue weighted by molar-refractivity contribution is 5.91. The minimum atomic E-state index is -0.413. The summed E-state index contributed by atoms with van der Waals surface area (Å²) in [5, 5.41) is 9.30. The molecular weight excluding hydrogens is 380 g/mol. The number of aliphatic hydroxyl groups is 1. The third-order valence-electron chi connectivity index (χ3n) is 7.10. The molecule has 3 heterocycles. The van der Waals surface area contributed by atoms with E-state index < -0.39 is 6.29 Å². The van der Waals surface area contributed by atoms with E-state index in [1.165, 1.54) is 32.4 Å². The number of ether oxygens (including phenoxy) is 2. The van der Waals surface area contributed by atoms with Crippen LogP contribution in [0.2, 0.25) is 0 Å². The van der Waals surface area contributed by atoms with Gasteiger partial charge in [-0.15, -0.1) is 0 Å². The number of carbonyl (C=O) groups is 1. The van der Waals surface area contributed by atoms with Gasteiger partial charge in [0.1, 0.15) is 0 Å². The smallest absolute Gasteiger partial charge is 0.288 e. The van der Waals surface area contributed by atoms with Crippen LogP contribution in [-0.4, -0.2) is 72.5 Å². The largest absolute Gasteiger partial charge is 0.459 e. The molecule has 3 aliphatic heterocycles. The molecule has 30 heavy (non-hydrogen) atoms. The van der Waals surface area contributed by atoms with Gasteiger partial charge < -0.3 is 24.4 Å². The van der Waals surface area contributed by atoms with E-state index in [2.05, 4.69) is 18.7 Å². The summed E-state index contributed by atoms with van der Waals surface area (Å²) in [6.07, 6.45) is 9.29. The highest BCUT2D eigenvalue weighted by Gasteiger charge is 2.39. The summed E-state index contributed by atoms with van der Waals surface area (Å²) in [5.41, 5.74) is 0. The Hall–Kier alpha value is -1.11. The molecule has 6 nitrogen and oxygen atoms in total. The molecule has 0 aromatic carbocycles. The number of piperidine rings is 2. The Morgan fingerprint density at radius 3 is 2.50 bits per heavy atom. The van der Waals surface area contributed by atoms with Crippen molar-refractivity contribution in [2.75, 3.05) is 39.4 Å². The number of amides is 1. The molecule has 0 aromatic heterocycles. The first-order chi connectivity index (χ1) is 14.5. The molecule has 0 radical (unpaired) electrons. The normalized spacial score (nSPS) is 29.0. The summed E-state index contributed by atoms with van der Waals surface area (Å²) in [6.45, 7) is 11.1. The van der Waals surface area contributed by atoms with E-state index >= 15 is 0 Å². The van der Waals surface area contributed by atoms with E-state index in [9.17, 15) is 9.90 Å². The SMILES string of the molecule is CCO[C@H]1OC(C(=O)N2CCC(N3CCCCC3)CC2)=C[C@@H](C(C)C)[C@@H]1CCCO. The zero-order chi connectivity index (χ0) is 21.5. The van der Waals surface area contributed by atoms with Gasteiger partial charge in [0.25, 0.3) is 5.91 Å². The lowest BCUT2D eigenvalue weighted by molar-refractivity contribution is -0.178. The molecule has 0 unspecified atom stereocenters. The fourth-order valence-corrected chi connectivity index (χ4v) is 5.39. The third kappa shape index (κ3) is 5.77. The van der Waals surface area contributed by atoms with Crippen molar-refractivity contribution in [3.05, 3.63) is 11.8 Å². The molecule has 3 rings (SSSR count). The quantitative estimate of drug-likeness (QED) is 0.650. The van der Waals surface area contributed by atoms with Crippen LogP contribution < -0.4 is 0 Å². The Morgan fingerprint density at radius 2 is 1.90 bits per heavy atom. The van der Waals surface area contributed by atoms with E-state index in [1.54, 1.807) is 0 Å². The van der Waals surface area contributed by atoms with E-state index in [0.29, 0.717) is 24.3 Å². The number of rotatable bonds is 8. The molecule has 0 spiro atoms. The van der Waals surface area contributed by atoms with Crippen LogP contribution in [0.25, 0.3) is 0 Å². The Kier molecular flexibility index (Phi) is 9.02. The third-order valence-corrected chi connectivity index (χ3v) is 7.10. The van der Waals surface area contributed by atoms with Gasteiger partial charge in [0.15, 0.2) is 5.76 Å². The van der Waals surface area contributed by atoms with Gasteiger partial charge in [0, 0.05) is 38.3 Å². The second-order valence-electron chi connectivity index (χ2n) is 9.44. The topological polar surface area (TPSA) is 62.2 Å². The van der Waals surface area contributed by atoms with Crippen molar-refractivity contribution in [3.63, 3.8) is 0 Å². The molecule has 0 aromatic rings. The van der Waals surface area contributed by atoms with Crippen LogP contribution in [0.4, 0.5) is 0 Å². The predicted molar refractivity (Wildman–Crippen MR) is 118 cm³/mol. The fourth-order valence-electron chi connectivity index (χ4n) is 5.39. The number of allylic oxidation sites excluding steroid dienone is 1. The monoisotopic (exact) mass is 422 g/mol. The predicted octanol–water partition coefficient (Wildman–Crippen LogP) is 3.40. The van der Waals surface area contributed by atoms with E-state index in [1.807, 2.05) is 17.9 Å². The van der Waals surface area contributed by atoms with E-state index in [-0.39, 0.29) is 24.3 Å². The summed E-state index contributed by atoms with van der Waals surface area (Å²) >= 11 is 0. The highest BCUT2D eigenvalue weighted by Crippen LogP contribution is 2.37. The molecule has 1 amide bonds. The average molecular weight is 423 g/mol. The molecule has 1 N–H and O–H groups in total. The molecule has 6 heteroatoms. The van der Waals surface area contributed by atoms with Crippen molar-refractivity contribution in [2.24, 2.45) is 17.8 Å². The van der Waals surface area contributed by atoms with Gasteiger partial charge >= 0.3 is 0 Å². The Balaban J connectivity index is 1.65.